The SMILES string of the molecule is C=C(CC(CC(=O)N1CCOCC1)OC)c1ccc(Cl)cc1. The third-order valence-electron chi connectivity index (χ3n) is 3.83. The third-order valence-corrected chi connectivity index (χ3v) is 4.08. The lowest BCUT2D eigenvalue weighted by molar-refractivity contribution is -0.137. The highest BCUT2D eigenvalue weighted by molar-refractivity contribution is 6.30. The van der Waals surface area contributed by atoms with Crippen molar-refractivity contribution in [1.82, 2.24) is 4.90 Å². The van der Waals surface area contributed by atoms with Gasteiger partial charge in [-0.1, -0.05) is 30.3 Å². The first kappa shape index (κ1) is 17.0. The molecule has 0 spiro atoms. The monoisotopic (exact) mass is 323 g/mol. The Morgan fingerprint density at radius 3 is 2.55 bits per heavy atom. The number of hydrogen-bond acceptors (Lipinski definition) is 3. The van der Waals surface area contributed by atoms with Crippen molar-refractivity contribution in [1.29, 1.82) is 0 Å². The second-order valence-corrected chi connectivity index (χ2v) is 5.81. The maximum absolute atomic E-state index is 12.3. The summed E-state index contributed by atoms with van der Waals surface area (Å²) in [6, 6.07) is 7.54. The summed E-state index contributed by atoms with van der Waals surface area (Å²) < 4.78 is 10.7. The van der Waals surface area contributed by atoms with Gasteiger partial charge < -0.3 is 14.4 Å². The molecule has 0 saturated carbocycles. The Bertz CT molecular complexity index is 509. The molecule has 120 valence electrons. The number of ether oxygens (including phenoxy) is 2. The van der Waals surface area contributed by atoms with E-state index in [2.05, 4.69) is 6.58 Å². The molecule has 0 aromatic heterocycles. The van der Waals surface area contributed by atoms with Gasteiger partial charge in [-0.15, -0.1) is 0 Å². The van der Waals surface area contributed by atoms with Crippen LogP contribution in [-0.4, -0.2) is 50.3 Å². The van der Waals surface area contributed by atoms with E-state index in [1.54, 1.807) is 7.11 Å². The van der Waals surface area contributed by atoms with E-state index in [-0.39, 0.29) is 12.0 Å². The van der Waals surface area contributed by atoms with E-state index in [0.29, 0.717) is 44.2 Å². The van der Waals surface area contributed by atoms with Gasteiger partial charge in [0.05, 0.1) is 25.7 Å². The van der Waals surface area contributed by atoms with Gasteiger partial charge in [-0.2, -0.15) is 0 Å². The van der Waals surface area contributed by atoms with Crippen LogP contribution in [0.3, 0.4) is 0 Å². The van der Waals surface area contributed by atoms with Crippen LogP contribution in [0.4, 0.5) is 0 Å². The molecule has 0 N–H and O–H groups in total. The molecule has 1 aromatic rings. The minimum Gasteiger partial charge on any atom is -0.381 e. The molecule has 22 heavy (non-hydrogen) atoms. The van der Waals surface area contributed by atoms with Gasteiger partial charge >= 0.3 is 0 Å². The molecule has 4 nitrogen and oxygen atoms in total. The minimum absolute atomic E-state index is 0.110. The molecule has 1 unspecified atom stereocenters. The zero-order valence-electron chi connectivity index (χ0n) is 12.9. The van der Waals surface area contributed by atoms with E-state index in [0.717, 1.165) is 11.1 Å². The maximum Gasteiger partial charge on any atom is 0.225 e. The Morgan fingerprint density at radius 2 is 1.95 bits per heavy atom. The van der Waals surface area contributed by atoms with Crippen molar-refractivity contribution in [3.8, 4) is 0 Å². The molecule has 0 bridgehead atoms. The van der Waals surface area contributed by atoms with E-state index in [1.807, 2.05) is 29.2 Å². The molecule has 1 aromatic carbocycles. The van der Waals surface area contributed by atoms with Crippen LogP contribution < -0.4 is 0 Å². The van der Waals surface area contributed by atoms with Crippen molar-refractivity contribution in [3.05, 3.63) is 41.4 Å². The molecule has 0 aliphatic carbocycles. The number of benzene rings is 1. The quantitative estimate of drug-likeness (QED) is 0.808. The van der Waals surface area contributed by atoms with Crippen LogP contribution in [0.25, 0.3) is 5.57 Å². The normalized spacial score (nSPS) is 16.4. The first-order chi connectivity index (χ1) is 10.6. The summed E-state index contributed by atoms with van der Waals surface area (Å²) in [6.07, 6.45) is 0.815. The topological polar surface area (TPSA) is 38.8 Å². The van der Waals surface area contributed by atoms with Gasteiger partial charge in [0.15, 0.2) is 0 Å². The van der Waals surface area contributed by atoms with Crippen LogP contribution >= 0.6 is 11.6 Å². The second kappa shape index (κ2) is 8.32. The predicted octanol–water partition coefficient (Wildman–Crippen LogP) is 3.01. The van der Waals surface area contributed by atoms with E-state index < -0.39 is 0 Å². The average Bonchev–Trinajstić information content (AvgIpc) is 2.55. The van der Waals surface area contributed by atoms with E-state index in [1.165, 1.54) is 0 Å². The van der Waals surface area contributed by atoms with Crippen LogP contribution in [-0.2, 0) is 14.3 Å². The summed E-state index contributed by atoms with van der Waals surface area (Å²) in [5.74, 6) is 0.110. The summed E-state index contributed by atoms with van der Waals surface area (Å²) in [5, 5.41) is 0.697. The standard InChI is InChI=1S/C17H22ClNO3/c1-13(14-3-5-15(18)6-4-14)11-16(21-2)12-17(20)19-7-9-22-10-8-19/h3-6,16H,1,7-12H2,2H3. The minimum atomic E-state index is -0.168. The number of halogens is 1. The zero-order valence-corrected chi connectivity index (χ0v) is 13.6. The molecule has 1 aliphatic heterocycles. The highest BCUT2D eigenvalue weighted by Gasteiger charge is 2.21. The summed E-state index contributed by atoms with van der Waals surface area (Å²) in [4.78, 5) is 14.1. The zero-order chi connectivity index (χ0) is 15.9. The van der Waals surface area contributed by atoms with Crippen molar-refractivity contribution in [3.63, 3.8) is 0 Å². The first-order valence-electron chi connectivity index (χ1n) is 7.42. The highest BCUT2D eigenvalue weighted by Crippen LogP contribution is 2.22. The van der Waals surface area contributed by atoms with Crippen molar-refractivity contribution >= 4 is 23.1 Å². The Kier molecular flexibility index (Phi) is 6.43. The Balaban J connectivity index is 1.89. The molecular formula is C17H22ClNO3. The van der Waals surface area contributed by atoms with Crippen molar-refractivity contribution in [2.24, 2.45) is 0 Å². The van der Waals surface area contributed by atoms with E-state index in [4.69, 9.17) is 21.1 Å². The number of hydrogen-bond donors (Lipinski definition) is 0. The Labute approximate surface area is 136 Å². The molecule has 5 heteroatoms. The van der Waals surface area contributed by atoms with E-state index in [9.17, 15) is 4.79 Å². The van der Waals surface area contributed by atoms with Gasteiger partial charge in [-0.3, -0.25) is 4.79 Å². The summed E-state index contributed by atoms with van der Waals surface area (Å²) in [5.41, 5.74) is 1.96. The fourth-order valence-electron chi connectivity index (χ4n) is 2.45. The van der Waals surface area contributed by atoms with Crippen molar-refractivity contribution < 1.29 is 14.3 Å². The van der Waals surface area contributed by atoms with Gasteiger partial charge in [-0.05, 0) is 29.7 Å². The van der Waals surface area contributed by atoms with Crippen LogP contribution in [0.15, 0.2) is 30.8 Å². The molecule has 1 atom stereocenters. The molecule has 1 aliphatic rings. The van der Waals surface area contributed by atoms with Crippen LogP contribution in [0, 0.1) is 0 Å². The number of carbonyl (C=O) groups is 1. The first-order valence-corrected chi connectivity index (χ1v) is 7.80. The van der Waals surface area contributed by atoms with Crippen molar-refractivity contribution in [2.45, 2.75) is 18.9 Å². The molecule has 0 radical (unpaired) electrons. The summed E-state index contributed by atoms with van der Waals surface area (Å²) in [7, 11) is 1.63. The Hall–Kier alpha value is -1.36. The fourth-order valence-corrected chi connectivity index (χ4v) is 2.58. The molecular weight excluding hydrogens is 302 g/mol. The van der Waals surface area contributed by atoms with Crippen LogP contribution in [0.2, 0.25) is 5.02 Å². The lowest BCUT2D eigenvalue weighted by Crippen LogP contribution is -2.42. The fraction of sp³-hybridized carbons (Fsp3) is 0.471. The number of morpholine rings is 1. The number of rotatable bonds is 6. The lowest BCUT2D eigenvalue weighted by atomic mass is 9.99. The smallest absolute Gasteiger partial charge is 0.225 e. The van der Waals surface area contributed by atoms with Gasteiger partial charge in [0, 0.05) is 25.2 Å². The number of methoxy groups -OCH3 is 1. The number of nitrogens with zero attached hydrogens (tertiary/aromatic N) is 1. The molecule has 2 rings (SSSR count). The molecule has 1 heterocycles. The number of carbonyl (C=O) groups excluding carboxylic acids is 1. The van der Waals surface area contributed by atoms with Gasteiger partial charge in [0.25, 0.3) is 0 Å². The number of amides is 1. The third kappa shape index (κ3) is 4.83. The molecule has 1 saturated heterocycles. The summed E-state index contributed by atoms with van der Waals surface area (Å²) in [6.45, 7) is 6.64. The lowest BCUT2D eigenvalue weighted by Gasteiger charge is -2.28. The van der Waals surface area contributed by atoms with Crippen molar-refractivity contribution in [2.75, 3.05) is 33.4 Å². The molecule has 1 fully saturated rings. The maximum atomic E-state index is 12.3. The largest absolute Gasteiger partial charge is 0.381 e. The van der Waals surface area contributed by atoms with Gasteiger partial charge in [0.1, 0.15) is 0 Å². The Morgan fingerprint density at radius 1 is 1.32 bits per heavy atom. The van der Waals surface area contributed by atoms with Crippen LogP contribution in [0.1, 0.15) is 18.4 Å². The second-order valence-electron chi connectivity index (χ2n) is 5.37. The van der Waals surface area contributed by atoms with E-state index >= 15 is 0 Å². The van der Waals surface area contributed by atoms with Gasteiger partial charge in [-0.25, -0.2) is 0 Å². The predicted molar refractivity (Wildman–Crippen MR) is 87.9 cm³/mol. The van der Waals surface area contributed by atoms with Crippen LogP contribution in [0.5, 0.6) is 0 Å². The highest BCUT2D eigenvalue weighted by atomic mass is 35.5. The molecule has 1 amide bonds. The van der Waals surface area contributed by atoms with Gasteiger partial charge in [0.2, 0.25) is 5.91 Å². The summed E-state index contributed by atoms with van der Waals surface area (Å²) >= 11 is 5.89. The average molecular weight is 324 g/mol.